The standard InChI is InChI=1S/C16H22FNO3S/c1-4-13-6-11(3)7-14(5-2)16(13)18-9-12(8-15(18)19)10-22(17,20)21/h6-7,12H,4-5,8-10H2,1-3H3. The zero-order chi connectivity index (χ0) is 16.5. The largest absolute Gasteiger partial charge is 0.312 e. The molecule has 2 rings (SSSR count). The van der Waals surface area contributed by atoms with Crippen molar-refractivity contribution in [2.24, 2.45) is 5.92 Å². The normalized spacial score (nSPS) is 19.0. The Morgan fingerprint density at radius 1 is 1.23 bits per heavy atom. The summed E-state index contributed by atoms with van der Waals surface area (Å²) in [5.74, 6) is -1.18. The van der Waals surface area contributed by atoms with E-state index >= 15 is 0 Å². The molecule has 1 unspecified atom stereocenters. The topological polar surface area (TPSA) is 54.5 Å². The third-order valence-electron chi connectivity index (χ3n) is 4.08. The molecule has 122 valence electrons. The van der Waals surface area contributed by atoms with Crippen molar-refractivity contribution in [3.8, 4) is 0 Å². The molecule has 0 N–H and O–H groups in total. The van der Waals surface area contributed by atoms with Gasteiger partial charge in [-0.2, -0.15) is 8.42 Å². The van der Waals surface area contributed by atoms with Crippen LogP contribution in [0.4, 0.5) is 9.57 Å². The van der Waals surface area contributed by atoms with Gasteiger partial charge in [-0.1, -0.05) is 31.5 Å². The molecular weight excluding hydrogens is 305 g/mol. The van der Waals surface area contributed by atoms with Crippen molar-refractivity contribution in [3.63, 3.8) is 0 Å². The van der Waals surface area contributed by atoms with Gasteiger partial charge in [-0.3, -0.25) is 4.79 Å². The molecule has 1 atom stereocenters. The second-order valence-corrected chi connectivity index (χ2v) is 7.33. The second kappa shape index (κ2) is 6.36. The summed E-state index contributed by atoms with van der Waals surface area (Å²) in [4.78, 5) is 13.9. The molecule has 6 heteroatoms. The number of rotatable bonds is 5. The van der Waals surface area contributed by atoms with Crippen LogP contribution in [0.1, 0.15) is 37.0 Å². The molecule has 1 aromatic carbocycles. The van der Waals surface area contributed by atoms with E-state index in [1.165, 1.54) is 0 Å². The van der Waals surface area contributed by atoms with E-state index in [2.05, 4.69) is 12.1 Å². The summed E-state index contributed by atoms with van der Waals surface area (Å²) in [6, 6.07) is 4.11. The van der Waals surface area contributed by atoms with E-state index in [0.29, 0.717) is 0 Å². The summed E-state index contributed by atoms with van der Waals surface area (Å²) < 4.78 is 34.5. The molecular formula is C16H22FNO3S. The summed E-state index contributed by atoms with van der Waals surface area (Å²) in [6.45, 7) is 6.35. The van der Waals surface area contributed by atoms with Crippen molar-refractivity contribution >= 4 is 21.8 Å². The Balaban J connectivity index is 2.38. The molecule has 0 spiro atoms. The van der Waals surface area contributed by atoms with Crippen molar-refractivity contribution in [1.29, 1.82) is 0 Å². The number of carbonyl (C=O) groups is 1. The Morgan fingerprint density at radius 2 is 1.77 bits per heavy atom. The number of amides is 1. The molecule has 0 saturated carbocycles. The molecule has 1 aliphatic heterocycles. The van der Waals surface area contributed by atoms with E-state index in [0.717, 1.165) is 35.2 Å². The Hall–Kier alpha value is -1.43. The highest BCUT2D eigenvalue weighted by atomic mass is 32.3. The monoisotopic (exact) mass is 327 g/mol. The van der Waals surface area contributed by atoms with Crippen LogP contribution in [-0.2, 0) is 27.9 Å². The lowest BCUT2D eigenvalue weighted by Crippen LogP contribution is -2.27. The minimum atomic E-state index is -4.55. The summed E-state index contributed by atoms with van der Waals surface area (Å²) in [6.07, 6.45) is 1.67. The molecule has 0 radical (unpaired) electrons. The average molecular weight is 327 g/mol. The maximum absolute atomic E-state index is 12.9. The molecule has 0 aliphatic carbocycles. The molecule has 1 saturated heterocycles. The molecule has 1 fully saturated rings. The average Bonchev–Trinajstić information content (AvgIpc) is 2.75. The van der Waals surface area contributed by atoms with Crippen LogP contribution in [0.5, 0.6) is 0 Å². The van der Waals surface area contributed by atoms with Crippen LogP contribution in [0.2, 0.25) is 0 Å². The number of halogens is 1. The van der Waals surface area contributed by atoms with E-state index in [1.54, 1.807) is 4.90 Å². The van der Waals surface area contributed by atoms with Crippen LogP contribution in [-0.4, -0.2) is 26.6 Å². The predicted octanol–water partition coefficient (Wildman–Crippen LogP) is 2.77. The molecule has 1 heterocycles. The van der Waals surface area contributed by atoms with Crippen molar-refractivity contribution in [2.45, 2.75) is 40.0 Å². The lowest BCUT2D eigenvalue weighted by atomic mass is 9.99. The maximum atomic E-state index is 12.9. The van der Waals surface area contributed by atoms with Gasteiger partial charge in [-0.25, -0.2) is 0 Å². The Kier molecular flexibility index (Phi) is 4.90. The minimum Gasteiger partial charge on any atom is -0.312 e. The number of anilines is 1. The van der Waals surface area contributed by atoms with Crippen LogP contribution in [0.25, 0.3) is 0 Å². The zero-order valence-electron chi connectivity index (χ0n) is 13.2. The quantitative estimate of drug-likeness (QED) is 0.782. The number of hydrogen-bond acceptors (Lipinski definition) is 3. The first-order valence-electron chi connectivity index (χ1n) is 7.60. The van der Waals surface area contributed by atoms with Gasteiger partial charge in [0, 0.05) is 24.6 Å². The van der Waals surface area contributed by atoms with Gasteiger partial charge in [0.25, 0.3) is 0 Å². The lowest BCUT2D eigenvalue weighted by molar-refractivity contribution is -0.117. The van der Waals surface area contributed by atoms with Gasteiger partial charge in [0.1, 0.15) is 0 Å². The van der Waals surface area contributed by atoms with Crippen molar-refractivity contribution in [3.05, 3.63) is 28.8 Å². The minimum absolute atomic E-state index is 0.0866. The SMILES string of the molecule is CCc1cc(C)cc(CC)c1N1CC(CS(=O)(=O)F)CC1=O. The third-order valence-corrected chi connectivity index (χ3v) is 4.95. The molecule has 22 heavy (non-hydrogen) atoms. The number of carbonyl (C=O) groups excluding carboxylic acids is 1. The molecule has 1 aliphatic rings. The maximum Gasteiger partial charge on any atom is 0.302 e. The van der Waals surface area contributed by atoms with Crippen LogP contribution < -0.4 is 4.90 Å². The molecule has 0 bridgehead atoms. The van der Waals surface area contributed by atoms with Crippen molar-refractivity contribution in [2.75, 3.05) is 17.2 Å². The smallest absolute Gasteiger partial charge is 0.302 e. The van der Waals surface area contributed by atoms with E-state index in [4.69, 9.17) is 0 Å². The van der Waals surface area contributed by atoms with E-state index in [9.17, 15) is 17.1 Å². The summed E-state index contributed by atoms with van der Waals surface area (Å²) in [7, 11) is -4.55. The number of hydrogen-bond donors (Lipinski definition) is 0. The fourth-order valence-corrected chi connectivity index (χ4v) is 4.00. The molecule has 1 amide bonds. The van der Waals surface area contributed by atoms with Crippen molar-refractivity contribution in [1.82, 2.24) is 0 Å². The van der Waals surface area contributed by atoms with Gasteiger partial charge in [-0.05, 0) is 30.9 Å². The summed E-state index contributed by atoms with van der Waals surface area (Å²) in [5, 5.41) is 0. The summed E-state index contributed by atoms with van der Waals surface area (Å²) >= 11 is 0. The molecule has 1 aromatic rings. The molecule has 4 nitrogen and oxygen atoms in total. The highest BCUT2D eigenvalue weighted by Crippen LogP contribution is 2.33. The van der Waals surface area contributed by atoms with Crippen LogP contribution >= 0.6 is 0 Å². The fourth-order valence-electron chi connectivity index (χ4n) is 3.21. The van der Waals surface area contributed by atoms with Crippen LogP contribution in [0.15, 0.2) is 12.1 Å². The first kappa shape index (κ1) is 16.9. The Morgan fingerprint density at radius 3 is 2.23 bits per heavy atom. The van der Waals surface area contributed by atoms with Gasteiger partial charge in [0.2, 0.25) is 5.91 Å². The fraction of sp³-hybridized carbons (Fsp3) is 0.562. The number of nitrogens with zero attached hydrogens (tertiary/aromatic N) is 1. The van der Waals surface area contributed by atoms with Gasteiger partial charge < -0.3 is 4.90 Å². The lowest BCUT2D eigenvalue weighted by Gasteiger charge is -2.24. The Labute approximate surface area is 131 Å². The Bertz CT molecular complexity index is 660. The van der Waals surface area contributed by atoms with Gasteiger partial charge in [-0.15, -0.1) is 3.89 Å². The highest BCUT2D eigenvalue weighted by molar-refractivity contribution is 7.86. The number of aryl methyl sites for hydroxylation is 3. The van der Waals surface area contributed by atoms with Gasteiger partial charge in [0.05, 0.1) is 5.75 Å². The van der Waals surface area contributed by atoms with E-state index < -0.39 is 21.9 Å². The third kappa shape index (κ3) is 3.66. The number of benzene rings is 1. The molecule has 0 aromatic heterocycles. The van der Waals surface area contributed by atoms with Gasteiger partial charge in [0.15, 0.2) is 0 Å². The van der Waals surface area contributed by atoms with Crippen LogP contribution in [0.3, 0.4) is 0 Å². The summed E-state index contributed by atoms with van der Waals surface area (Å²) in [5.41, 5.74) is 4.19. The van der Waals surface area contributed by atoms with E-state index in [-0.39, 0.29) is 18.9 Å². The van der Waals surface area contributed by atoms with E-state index in [1.807, 2.05) is 20.8 Å². The van der Waals surface area contributed by atoms with Gasteiger partial charge >= 0.3 is 10.2 Å². The van der Waals surface area contributed by atoms with Crippen LogP contribution in [0, 0.1) is 12.8 Å². The second-order valence-electron chi connectivity index (χ2n) is 5.92. The first-order valence-corrected chi connectivity index (χ1v) is 9.15. The zero-order valence-corrected chi connectivity index (χ0v) is 14.0. The first-order chi connectivity index (χ1) is 10.2. The highest BCUT2D eigenvalue weighted by Gasteiger charge is 2.35. The van der Waals surface area contributed by atoms with Crippen molar-refractivity contribution < 1.29 is 17.1 Å². The predicted molar refractivity (Wildman–Crippen MR) is 85.3 cm³/mol.